The molecule has 16 heavy (non-hydrogen) atoms. The summed E-state index contributed by atoms with van der Waals surface area (Å²) in [5, 5.41) is 11.5. The van der Waals surface area contributed by atoms with Crippen LogP contribution in [0.4, 0.5) is 0 Å². The van der Waals surface area contributed by atoms with E-state index in [0.29, 0.717) is 5.69 Å². The third-order valence-electron chi connectivity index (χ3n) is 2.09. The largest absolute Gasteiger partial charge is 0.481 e. The average Bonchev–Trinajstić information content (AvgIpc) is 2.80. The first kappa shape index (κ1) is 10.7. The fourth-order valence-corrected chi connectivity index (χ4v) is 2.16. The number of aliphatic carboxylic acids is 1. The molecular formula is C10H9N3O2S. The zero-order valence-electron chi connectivity index (χ0n) is 8.28. The predicted octanol–water partition coefficient (Wildman–Crippen LogP) is 1.54. The van der Waals surface area contributed by atoms with Crippen molar-refractivity contribution in [2.75, 3.05) is 0 Å². The van der Waals surface area contributed by atoms with E-state index in [-0.39, 0.29) is 12.3 Å². The minimum absolute atomic E-state index is 0.00940. The van der Waals surface area contributed by atoms with E-state index < -0.39 is 5.97 Å². The number of thiazole rings is 1. The van der Waals surface area contributed by atoms with Crippen molar-refractivity contribution in [1.29, 1.82) is 0 Å². The number of hydrogen-bond acceptors (Lipinski definition) is 5. The minimum atomic E-state index is -0.862. The highest BCUT2D eigenvalue weighted by atomic mass is 32.1. The topological polar surface area (TPSA) is 76.0 Å². The molecular weight excluding hydrogens is 226 g/mol. The number of carboxylic acids is 1. The quantitative estimate of drug-likeness (QED) is 0.869. The van der Waals surface area contributed by atoms with Crippen molar-refractivity contribution in [1.82, 2.24) is 15.0 Å². The first-order valence-electron chi connectivity index (χ1n) is 4.64. The third kappa shape index (κ3) is 2.40. The van der Waals surface area contributed by atoms with Crippen LogP contribution in [-0.4, -0.2) is 26.0 Å². The van der Waals surface area contributed by atoms with Gasteiger partial charge in [-0.1, -0.05) is 0 Å². The number of aromatic nitrogens is 3. The number of nitrogens with zero attached hydrogens (tertiary/aromatic N) is 3. The van der Waals surface area contributed by atoms with Crippen LogP contribution in [0.15, 0.2) is 30.2 Å². The molecule has 0 amide bonds. The monoisotopic (exact) mass is 235 g/mol. The van der Waals surface area contributed by atoms with Crippen molar-refractivity contribution in [3.05, 3.63) is 40.9 Å². The fourth-order valence-electron chi connectivity index (χ4n) is 1.41. The SMILES string of the molecule is O=C(O)CC(c1ccncn1)c1nccs1. The molecule has 1 atom stereocenters. The number of carboxylic acid groups (broad SMARTS) is 1. The van der Waals surface area contributed by atoms with Crippen LogP contribution in [0.25, 0.3) is 0 Å². The minimum Gasteiger partial charge on any atom is -0.481 e. The Bertz CT molecular complexity index is 458. The molecule has 5 nitrogen and oxygen atoms in total. The summed E-state index contributed by atoms with van der Waals surface area (Å²) in [6.45, 7) is 0. The molecule has 6 heteroatoms. The predicted molar refractivity (Wildman–Crippen MR) is 58.2 cm³/mol. The van der Waals surface area contributed by atoms with Gasteiger partial charge in [-0.2, -0.15) is 0 Å². The molecule has 0 bridgehead atoms. The molecule has 1 N–H and O–H groups in total. The maximum atomic E-state index is 10.8. The number of hydrogen-bond donors (Lipinski definition) is 1. The van der Waals surface area contributed by atoms with Crippen molar-refractivity contribution >= 4 is 17.3 Å². The van der Waals surface area contributed by atoms with Crippen LogP contribution >= 0.6 is 11.3 Å². The van der Waals surface area contributed by atoms with E-state index in [4.69, 9.17) is 5.11 Å². The summed E-state index contributed by atoms with van der Waals surface area (Å²) in [5.74, 6) is -1.15. The number of rotatable bonds is 4. The molecule has 1 unspecified atom stereocenters. The zero-order valence-corrected chi connectivity index (χ0v) is 9.09. The van der Waals surface area contributed by atoms with E-state index in [9.17, 15) is 4.79 Å². The Morgan fingerprint density at radius 1 is 1.44 bits per heavy atom. The van der Waals surface area contributed by atoms with E-state index in [0.717, 1.165) is 5.01 Å². The van der Waals surface area contributed by atoms with Crippen molar-refractivity contribution in [3.8, 4) is 0 Å². The molecule has 2 rings (SSSR count). The highest BCUT2D eigenvalue weighted by Gasteiger charge is 2.21. The van der Waals surface area contributed by atoms with Gasteiger partial charge in [0, 0.05) is 17.8 Å². The van der Waals surface area contributed by atoms with Gasteiger partial charge in [-0.3, -0.25) is 4.79 Å². The highest BCUT2D eigenvalue weighted by Crippen LogP contribution is 2.27. The van der Waals surface area contributed by atoms with Crippen LogP contribution in [0.5, 0.6) is 0 Å². The molecule has 0 saturated carbocycles. The average molecular weight is 235 g/mol. The second-order valence-corrected chi connectivity index (χ2v) is 4.08. The lowest BCUT2D eigenvalue weighted by atomic mass is 10.0. The standard InChI is InChI=1S/C10H9N3O2S/c14-9(15)5-7(10-12-3-4-16-10)8-1-2-11-6-13-8/h1-4,6-7H,5H2,(H,14,15). The van der Waals surface area contributed by atoms with Gasteiger partial charge in [-0.25, -0.2) is 15.0 Å². The summed E-state index contributed by atoms with van der Waals surface area (Å²) in [5.41, 5.74) is 0.687. The summed E-state index contributed by atoms with van der Waals surface area (Å²) in [7, 11) is 0. The Balaban J connectivity index is 2.32. The smallest absolute Gasteiger partial charge is 0.304 e. The Morgan fingerprint density at radius 2 is 2.31 bits per heavy atom. The van der Waals surface area contributed by atoms with Crippen molar-refractivity contribution in [2.24, 2.45) is 0 Å². The molecule has 82 valence electrons. The maximum absolute atomic E-state index is 10.8. The van der Waals surface area contributed by atoms with E-state index in [2.05, 4.69) is 15.0 Å². The van der Waals surface area contributed by atoms with Gasteiger partial charge in [0.1, 0.15) is 11.3 Å². The summed E-state index contributed by atoms with van der Waals surface area (Å²) in [4.78, 5) is 22.8. The molecule has 0 saturated heterocycles. The van der Waals surface area contributed by atoms with Crippen molar-refractivity contribution in [2.45, 2.75) is 12.3 Å². The zero-order chi connectivity index (χ0) is 11.4. The van der Waals surface area contributed by atoms with Crippen LogP contribution in [0.2, 0.25) is 0 Å². The first-order chi connectivity index (χ1) is 7.77. The van der Waals surface area contributed by atoms with Crippen LogP contribution in [0.3, 0.4) is 0 Å². The number of carbonyl (C=O) groups is 1. The molecule has 0 radical (unpaired) electrons. The van der Waals surface area contributed by atoms with Crippen molar-refractivity contribution in [3.63, 3.8) is 0 Å². The molecule has 0 aliphatic heterocycles. The Morgan fingerprint density at radius 3 is 2.88 bits per heavy atom. The summed E-state index contributed by atoms with van der Waals surface area (Å²) < 4.78 is 0. The summed E-state index contributed by atoms with van der Waals surface area (Å²) in [6.07, 6.45) is 4.67. The fraction of sp³-hybridized carbons (Fsp3) is 0.200. The van der Waals surface area contributed by atoms with Crippen LogP contribution in [0, 0.1) is 0 Å². The molecule has 0 aliphatic carbocycles. The van der Waals surface area contributed by atoms with E-state index in [1.807, 2.05) is 5.38 Å². The van der Waals surface area contributed by atoms with Crippen LogP contribution in [0.1, 0.15) is 23.0 Å². The van der Waals surface area contributed by atoms with Crippen LogP contribution < -0.4 is 0 Å². The van der Waals surface area contributed by atoms with E-state index in [1.54, 1.807) is 18.5 Å². The third-order valence-corrected chi connectivity index (χ3v) is 2.98. The summed E-state index contributed by atoms with van der Waals surface area (Å²) >= 11 is 1.43. The summed E-state index contributed by atoms with van der Waals surface area (Å²) in [6, 6.07) is 1.72. The van der Waals surface area contributed by atoms with Gasteiger partial charge in [-0.05, 0) is 6.07 Å². The lowest BCUT2D eigenvalue weighted by molar-refractivity contribution is -0.137. The molecule has 2 heterocycles. The van der Waals surface area contributed by atoms with Gasteiger partial charge in [-0.15, -0.1) is 11.3 Å². The lowest BCUT2D eigenvalue weighted by Gasteiger charge is -2.10. The second-order valence-electron chi connectivity index (χ2n) is 3.16. The molecule has 0 aromatic carbocycles. The van der Waals surface area contributed by atoms with Crippen LogP contribution in [-0.2, 0) is 4.79 Å². The molecule has 2 aromatic rings. The van der Waals surface area contributed by atoms with Gasteiger partial charge in [0.25, 0.3) is 0 Å². The van der Waals surface area contributed by atoms with Gasteiger partial charge >= 0.3 is 5.97 Å². The first-order valence-corrected chi connectivity index (χ1v) is 5.52. The maximum Gasteiger partial charge on any atom is 0.304 e. The molecule has 0 spiro atoms. The van der Waals surface area contributed by atoms with E-state index >= 15 is 0 Å². The Kier molecular flexibility index (Phi) is 3.21. The Hall–Kier alpha value is -1.82. The lowest BCUT2D eigenvalue weighted by Crippen LogP contribution is -2.09. The Labute approximate surface area is 95.8 Å². The molecule has 0 fully saturated rings. The molecule has 2 aromatic heterocycles. The van der Waals surface area contributed by atoms with Crippen molar-refractivity contribution < 1.29 is 9.90 Å². The van der Waals surface area contributed by atoms with Gasteiger partial charge in [0.05, 0.1) is 18.0 Å². The molecule has 0 aliphatic rings. The van der Waals surface area contributed by atoms with E-state index in [1.165, 1.54) is 17.7 Å². The van der Waals surface area contributed by atoms with Gasteiger partial charge < -0.3 is 5.11 Å². The van der Waals surface area contributed by atoms with Gasteiger partial charge in [0.15, 0.2) is 0 Å². The second kappa shape index (κ2) is 4.80. The van der Waals surface area contributed by atoms with Gasteiger partial charge in [0.2, 0.25) is 0 Å². The normalized spacial score (nSPS) is 12.2. The highest BCUT2D eigenvalue weighted by molar-refractivity contribution is 7.09.